The van der Waals surface area contributed by atoms with Gasteiger partial charge in [-0.25, -0.2) is 0 Å². The molecule has 27 heavy (non-hydrogen) atoms. The van der Waals surface area contributed by atoms with E-state index in [4.69, 9.17) is 4.74 Å². The summed E-state index contributed by atoms with van der Waals surface area (Å²) in [6, 6.07) is 8.58. The molecule has 1 aliphatic heterocycles. The van der Waals surface area contributed by atoms with Crippen LogP contribution in [0.1, 0.15) is 24.8 Å². The summed E-state index contributed by atoms with van der Waals surface area (Å²) in [5.41, 5.74) is 3.38. The Morgan fingerprint density at radius 2 is 2.00 bits per heavy atom. The molecule has 3 atom stereocenters. The molecule has 2 heterocycles. The second-order valence-electron chi connectivity index (χ2n) is 8.04. The van der Waals surface area contributed by atoms with Gasteiger partial charge in [0.05, 0.1) is 19.0 Å². The lowest BCUT2D eigenvalue weighted by Gasteiger charge is -2.31. The van der Waals surface area contributed by atoms with Crippen molar-refractivity contribution in [3.8, 4) is 17.0 Å². The van der Waals surface area contributed by atoms with Gasteiger partial charge in [-0.15, -0.1) is 0 Å². The van der Waals surface area contributed by atoms with Crippen LogP contribution in [-0.2, 0) is 11.3 Å². The Labute approximate surface area is 160 Å². The summed E-state index contributed by atoms with van der Waals surface area (Å²) in [7, 11) is 5.80. The number of aromatic amines is 1. The number of carbonyl (C=O) groups excluding carboxylic acids is 1. The van der Waals surface area contributed by atoms with Gasteiger partial charge >= 0.3 is 0 Å². The number of nitrogens with zero attached hydrogens (tertiary/aromatic N) is 3. The van der Waals surface area contributed by atoms with Crippen LogP contribution >= 0.6 is 0 Å². The van der Waals surface area contributed by atoms with E-state index in [1.165, 1.54) is 12.0 Å². The fourth-order valence-electron chi connectivity index (χ4n) is 4.68. The zero-order valence-corrected chi connectivity index (χ0v) is 16.3. The maximum Gasteiger partial charge on any atom is 0.222 e. The van der Waals surface area contributed by atoms with E-state index in [0.717, 1.165) is 36.5 Å². The van der Waals surface area contributed by atoms with E-state index in [0.29, 0.717) is 30.2 Å². The third-order valence-corrected chi connectivity index (χ3v) is 6.33. The van der Waals surface area contributed by atoms with Crippen molar-refractivity contribution in [1.29, 1.82) is 0 Å². The van der Waals surface area contributed by atoms with Crippen molar-refractivity contribution < 1.29 is 9.53 Å². The summed E-state index contributed by atoms with van der Waals surface area (Å²) in [6.07, 6.45) is 4.94. The lowest BCUT2D eigenvalue weighted by Crippen LogP contribution is -2.39. The molecule has 2 aliphatic rings. The van der Waals surface area contributed by atoms with Crippen LogP contribution in [0.25, 0.3) is 11.3 Å². The SMILES string of the molecule is COc1ccc(-c2[nH]ncc2CN(C)[C@H]2C[C@H]3CC(=O)N(C)C[C@H]3C2)cc1. The Hall–Kier alpha value is -2.34. The third-order valence-electron chi connectivity index (χ3n) is 6.33. The maximum atomic E-state index is 12.0. The van der Waals surface area contributed by atoms with E-state index in [1.54, 1.807) is 7.11 Å². The summed E-state index contributed by atoms with van der Waals surface area (Å²) in [6.45, 7) is 1.77. The number of methoxy groups -OCH3 is 1. The molecule has 1 aromatic carbocycles. The average molecular weight is 368 g/mol. The van der Waals surface area contributed by atoms with Gasteiger partial charge in [-0.1, -0.05) is 0 Å². The Bertz CT molecular complexity index is 801. The molecule has 1 saturated heterocycles. The number of benzene rings is 1. The summed E-state index contributed by atoms with van der Waals surface area (Å²) in [5, 5.41) is 7.43. The van der Waals surface area contributed by atoms with Crippen molar-refractivity contribution >= 4 is 5.91 Å². The Kier molecular flexibility index (Phi) is 4.91. The minimum atomic E-state index is 0.302. The topological polar surface area (TPSA) is 61.5 Å². The van der Waals surface area contributed by atoms with Crippen LogP contribution in [0.2, 0.25) is 0 Å². The molecule has 1 amide bonds. The first-order valence-corrected chi connectivity index (χ1v) is 9.66. The number of fused-ring (bicyclic) bond motifs is 1. The van der Waals surface area contributed by atoms with Gasteiger partial charge in [-0.2, -0.15) is 5.10 Å². The number of ether oxygens (including phenoxy) is 1. The van der Waals surface area contributed by atoms with Crippen molar-refractivity contribution in [2.24, 2.45) is 11.8 Å². The van der Waals surface area contributed by atoms with Crippen molar-refractivity contribution in [2.45, 2.75) is 31.8 Å². The summed E-state index contributed by atoms with van der Waals surface area (Å²) in [4.78, 5) is 16.3. The number of carbonyl (C=O) groups is 1. The molecule has 1 aliphatic carbocycles. The minimum Gasteiger partial charge on any atom is -0.497 e. The number of hydrogen-bond acceptors (Lipinski definition) is 4. The largest absolute Gasteiger partial charge is 0.497 e. The molecule has 2 fully saturated rings. The molecular weight excluding hydrogens is 340 g/mol. The highest BCUT2D eigenvalue weighted by Crippen LogP contribution is 2.40. The standard InChI is InChI=1S/C21H28N4O2/c1-24(18-8-15-10-20(26)25(2)12-16(15)9-18)13-17-11-22-23-21(17)14-4-6-19(27-3)7-5-14/h4-7,11,15-16,18H,8-10,12-13H2,1-3H3,(H,22,23)/t15-,16+,18-/m0/s1. The monoisotopic (exact) mass is 368 g/mol. The van der Waals surface area contributed by atoms with E-state index < -0.39 is 0 Å². The van der Waals surface area contributed by atoms with E-state index in [1.807, 2.05) is 30.3 Å². The lowest BCUT2D eigenvalue weighted by atomic mass is 9.88. The average Bonchev–Trinajstić information content (AvgIpc) is 3.29. The number of H-pyrrole nitrogens is 1. The first-order valence-electron chi connectivity index (χ1n) is 9.66. The lowest BCUT2D eigenvalue weighted by molar-refractivity contribution is -0.134. The highest BCUT2D eigenvalue weighted by molar-refractivity contribution is 5.77. The number of rotatable bonds is 5. The number of piperidine rings is 1. The van der Waals surface area contributed by atoms with Crippen LogP contribution in [0, 0.1) is 11.8 Å². The fourth-order valence-corrected chi connectivity index (χ4v) is 4.68. The molecule has 4 rings (SSSR count). The molecule has 1 saturated carbocycles. The second kappa shape index (κ2) is 7.35. The molecule has 6 nitrogen and oxygen atoms in total. The summed E-state index contributed by atoms with van der Waals surface area (Å²) < 4.78 is 5.25. The van der Waals surface area contributed by atoms with E-state index >= 15 is 0 Å². The van der Waals surface area contributed by atoms with Crippen LogP contribution in [0.4, 0.5) is 0 Å². The van der Waals surface area contributed by atoms with Gasteiger partial charge in [0, 0.05) is 43.7 Å². The van der Waals surface area contributed by atoms with Crippen molar-refractivity contribution in [3.63, 3.8) is 0 Å². The van der Waals surface area contributed by atoms with Crippen LogP contribution in [0.3, 0.4) is 0 Å². The molecule has 0 radical (unpaired) electrons. The summed E-state index contributed by atoms with van der Waals surface area (Å²) in [5.74, 6) is 2.35. The van der Waals surface area contributed by atoms with Crippen molar-refractivity contribution in [1.82, 2.24) is 20.0 Å². The van der Waals surface area contributed by atoms with Crippen molar-refractivity contribution in [3.05, 3.63) is 36.0 Å². The molecule has 0 unspecified atom stereocenters. The van der Waals surface area contributed by atoms with Crippen LogP contribution in [0.5, 0.6) is 5.75 Å². The van der Waals surface area contributed by atoms with Crippen LogP contribution < -0.4 is 4.74 Å². The van der Waals surface area contributed by atoms with Gasteiger partial charge in [-0.3, -0.25) is 14.8 Å². The number of aromatic nitrogens is 2. The molecule has 1 N–H and O–H groups in total. The molecule has 2 aromatic rings. The number of amides is 1. The molecule has 6 heteroatoms. The highest BCUT2D eigenvalue weighted by Gasteiger charge is 2.41. The summed E-state index contributed by atoms with van der Waals surface area (Å²) >= 11 is 0. The van der Waals surface area contributed by atoms with Crippen LogP contribution in [0.15, 0.2) is 30.5 Å². The van der Waals surface area contributed by atoms with Gasteiger partial charge in [0.2, 0.25) is 5.91 Å². The molecular formula is C21H28N4O2. The van der Waals surface area contributed by atoms with E-state index in [9.17, 15) is 4.79 Å². The zero-order chi connectivity index (χ0) is 19.0. The molecule has 0 bridgehead atoms. The third kappa shape index (κ3) is 3.58. The quantitative estimate of drug-likeness (QED) is 0.882. The minimum absolute atomic E-state index is 0.302. The van der Waals surface area contributed by atoms with E-state index in [2.05, 4.69) is 34.3 Å². The normalized spacial score (nSPS) is 25.1. The van der Waals surface area contributed by atoms with Gasteiger partial charge in [0.25, 0.3) is 0 Å². The smallest absolute Gasteiger partial charge is 0.222 e. The predicted molar refractivity (Wildman–Crippen MR) is 104 cm³/mol. The zero-order valence-electron chi connectivity index (χ0n) is 16.3. The van der Waals surface area contributed by atoms with Gasteiger partial charge in [0.15, 0.2) is 0 Å². The first kappa shape index (κ1) is 18.0. The highest BCUT2D eigenvalue weighted by atomic mass is 16.5. The predicted octanol–water partition coefficient (Wildman–Crippen LogP) is 2.77. The number of nitrogens with one attached hydrogen (secondary N) is 1. The fraction of sp³-hybridized carbons (Fsp3) is 0.524. The second-order valence-corrected chi connectivity index (χ2v) is 8.04. The maximum absolute atomic E-state index is 12.0. The van der Waals surface area contributed by atoms with Crippen LogP contribution in [-0.4, -0.2) is 59.7 Å². The molecule has 0 spiro atoms. The molecule has 1 aromatic heterocycles. The molecule has 144 valence electrons. The van der Waals surface area contributed by atoms with Gasteiger partial charge in [0.1, 0.15) is 5.75 Å². The number of hydrogen-bond donors (Lipinski definition) is 1. The Morgan fingerprint density at radius 1 is 1.26 bits per heavy atom. The van der Waals surface area contributed by atoms with Gasteiger partial charge in [-0.05, 0) is 56.0 Å². The Balaban J connectivity index is 1.44. The first-order chi connectivity index (χ1) is 13.0. The van der Waals surface area contributed by atoms with Gasteiger partial charge < -0.3 is 9.64 Å². The Morgan fingerprint density at radius 3 is 2.74 bits per heavy atom. The number of likely N-dealkylation sites (tertiary alicyclic amines) is 1. The van der Waals surface area contributed by atoms with Crippen molar-refractivity contribution in [2.75, 3.05) is 27.7 Å². The van der Waals surface area contributed by atoms with E-state index in [-0.39, 0.29) is 0 Å².